The Kier molecular flexibility index (Phi) is 3.31. The fourth-order valence-electron chi connectivity index (χ4n) is 1.26. The molecule has 1 aromatic heterocycles. The van der Waals surface area contributed by atoms with Crippen molar-refractivity contribution < 1.29 is 8.81 Å². The van der Waals surface area contributed by atoms with Gasteiger partial charge in [0.2, 0.25) is 11.8 Å². The molecular weight excluding hydrogens is 277 g/mol. The fourth-order valence-corrected chi connectivity index (χ4v) is 1.69. The van der Waals surface area contributed by atoms with Gasteiger partial charge in [0.05, 0.1) is 10.0 Å². The molecule has 1 heterocycles. The molecule has 0 aliphatic heterocycles. The van der Waals surface area contributed by atoms with Crippen molar-refractivity contribution in [3.05, 3.63) is 34.4 Å². The van der Waals surface area contributed by atoms with Gasteiger partial charge in [-0.3, -0.25) is 0 Å². The standard InChI is InChI=1S/C10H9BrFN3O/c11-9-6(2-1-3-7(9)12)10-15-14-8(16-10)4-5-13/h1-3H,4-5,13H2. The van der Waals surface area contributed by atoms with Crippen LogP contribution in [-0.4, -0.2) is 16.7 Å². The molecule has 84 valence electrons. The molecule has 0 atom stereocenters. The van der Waals surface area contributed by atoms with Gasteiger partial charge in [0.25, 0.3) is 0 Å². The third-order valence-corrected chi connectivity index (χ3v) is 2.81. The van der Waals surface area contributed by atoms with E-state index in [0.717, 1.165) is 0 Å². The number of nitrogens with two attached hydrogens (primary N) is 1. The summed E-state index contributed by atoms with van der Waals surface area (Å²) in [5.74, 6) is 0.375. The summed E-state index contributed by atoms with van der Waals surface area (Å²) >= 11 is 3.14. The predicted molar refractivity (Wildman–Crippen MR) is 60.2 cm³/mol. The summed E-state index contributed by atoms with van der Waals surface area (Å²) in [7, 11) is 0. The zero-order chi connectivity index (χ0) is 11.5. The van der Waals surface area contributed by atoms with Crippen LogP contribution in [0.25, 0.3) is 11.5 Å². The van der Waals surface area contributed by atoms with E-state index in [1.165, 1.54) is 6.07 Å². The summed E-state index contributed by atoms with van der Waals surface area (Å²) in [6, 6.07) is 4.64. The van der Waals surface area contributed by atoms with Crippen molar-refractivity contribution in [3.63, 3.8) is 0 Å². The van der Waals surface area contributed by atoms with Crippen LogP contribution < -0.4 is 5.73 Å². The highest BCUT2D eigenvalue weighted by molar-refractivity contribution is 9.10. The molecular formula is C10H9BrFN3O. The Morgan fingerprint density at radius 2 is 2.19 bits per heavy atom. The Hall–Kier alpha value is -1.27. The van der Waals surface area contributed by atoms with Crippen LogP contribution in [-0.2, 0) is 6.42 Å². The van der Waals surface area contributed by atoms with Gasteiger partial charge >= 0.3 is 0 Å². The SMILES string of the molecule is NCCc1nnc(-c2cccc(F)c2Br)o1. The van der Waals surface area contributed by atoms with Crippen LogP contribution in [0, 0.1) is 5.82 Å². The lowest BCUT2D eigenvalue weighted by atomic mass is 10.2. The van der Waals surface area contributed by atoms with Crippen molar-refractivity contribution in [3.8, 4) is 11.5 Å². The molecule has 0 saturated carbocycles. The summed E-state index contributed by atoms with van der Waals surface area (Å²) in [4.78, 5) is 0. The smallest absolute Gasteiger partial charge is 0.248 e. The molecule has 16 heavy (non-hydrogen) atoms. The summed E-state index contributed by atoms with van der Waals surface area (Å²) in [5.41, 5.74) is 5.90. The molecule has 6 heteroatoms. The average molecular weight is 286 g/mol. The number of benzene rings is 1. The minimum absolute atomic E-state index is 0.287. The van der Waals surface area contributed by atoms with Crippen LogP contribution in [0.2, 0.25) is 0 Å². The molecule has 0 radical (unpaired) electrons. The molecule has 0 fully saturated rings. The second kappa shape index (κ2) is 4.71. The quantitative estimate of drug-likeness (QED) is 0.938. The van der Waals surface area contributed by atoms with E-state index in [1.807, 2.05) is 0 Å². The van der Waals surface area contributed by atoms with Gasteiger partial charge < -0.3 is 10.2 Å². The molecule has 4 nitrogen and oxygen atoms in total. The van der Waals surface area contributed by atoms with E-state index in [2.05, 4.69) is 26.1 Å². The van der Waals surface area contributed by atoms with E-state index >= 15 is 0 Å². The Balaban J connectivity index is 2.39. The van der Waals surface area contributed by atoms with Gasteiger partial charge in [0.1, 0.15) is 5.82 Å². The van der Waals surface area contributed by atoms with Crippen molar-refractivity contribution in [2.24, 2.45) is 5.73 Å². The van der Waals surface area contributed by atoms with E-state index in [1.54, 1.807) is 12.1 Å². The molecule has 0 saturated heterocycles. The predicted octanol–water partition coefficient (Wildman–Crippen LogP) is 2.14. The number of aromatic nitrogens is 2. The maximum atomic E-state index is 13.3. The Bertz CT molecular complexity index is 501. The first-order valence-electron chi connectivity index (χ1n) is 4.69. The molecule has 2 N–H and O–H groups in total. The number of hydrogen-bond donors (Lipinski definition) is 1. The molecule has 2 rings (SSSR count). The van der Waals surface area contributed by atoms with Gasteiger partial charge in [0, 0.05) is 13.0 Å². The van der Waals surface area contributed by atoms with Gasteiger partial charge in [-0.25, -0.2) is 4.39 Å². The highest BCUT2D eigenvalue weighted by Gasteiger charge is 2.13. The number of nitrogens with zero attached hydrogens (tertiary/aromatic N) is 2. The largest absolute Gasteiger partial charge is 0.421 e. The normalized spacial score (nSPS) is 10.7. The van der Waals surface area contributed by atoms with Crippen molar-refractivity contribution >= 4 is 15.9 Å². The van der Waals surface area contributed by atoms with Crippen LogP contribution in [0.3, 0.4) is 0 Å². The maximum absolute atomic E-state index is 13.3. The third kappa shape index (κ3) is 2.12. The van der Waals surface area contributed by atoms with Gasteiger partial charge in [-0.05, 0) is 28.1 Å². The van der Waals surface area contributed by atoms with Crippen LogP contribution in [0.5, 0.6) is 0 Å². The second-order valence-electron chi connectivity index (χ2n) is 3.14. The van der Waals surface area contributed by atoms with Gasteiger partial charge in [0.15, 0.2) is 0 Å². The van der Waals surface area contributed by atoms with Crippen LogP contribution in [0.15, 0.2) is 27.1 Å². The second-order valence-corrected chi connectivity index (χ2v) is 3.93. The summed E-state index contributed by atoms with van der Waals surface area (Å²) in [6.07, 6.45) is 0.514. The van der Waals surface area contributed by atoms with Crippen molar-refractivity contribution in [1.82, 2.24) is 10.2 Å². The van der Waals surface area contributed by atoms with Gasteiger partial charge in [-0.1, -0.05) is 6.07 Å². The number of halogens is 2. The monoisotopic (exact) mass is 285 g/mol. The first-order chi connectivity index (χ1) is 7.72. The Labute approximate surface area is 99.8 Å². The molecule has 0 unspecified atom stereocenters. The first-order valence-corrected chi connectivity index (χ1v) is 5.48. The van der Waals surface area contributed by atoms with E-state index in [4.69, 9.17) is 10.2 Å². The Morgan fingerprint density at radius 3 is 2.94 bits per heavy atom. The third-order valence-electron chi connectivity index (χ3n) is 2.01. The summed E-state index contributed by atoms with van der Waals surface area (Å²) in [6.45, 7) is 0.436. The van der Waals surface area contributed by atoms with Crippen molar-refractivity contribution in [1.29, 1.82) is 0 Å². The highest BCUT2D eigenvalue weighted by Crippen LogP contribution is 2.29. The van der Waals surface area contributed by atoms with E-state index in [0.29, 0.717) is 28.9 Å². The molecule has 1 aromatic carbocycles. The molecule has 0 aliphatic rings. The molecule has 0 aliphatic carbocycles. The lowest BCUT2D eigenvalue weighted by Gasteiger charge is -1.99. The molecule has 0 amide bonds. The van der Waals surface area contributed by atoms with Crippen molar-refractivity contribution in [2.75, 3.05) is 6.54 Å². The van der Waals surface area contributed by atoms with Gasteiger partial charge in [-0.15, -0.1) is 10.2 Å². The number of hydrogen-bond acceptors (Lipinski definition) is 4. The van der Waals surface area contributed by atoms with E-state index in [-0.39, 0.29) is 11.7 Å². The highest BCUT2D eigenvalue weighted by atomic mass is 79.9. The lowest BCUT2D eigenvalue weighted by Crippen LogP contribution is -2.02. The zero-order valence-corrected chi connectivity index (χ0v) is 9.87. The minimum atomic E-state index is -0.365. The maximum Gasteiger partial charge on any atom is 0.248 e. The number of rotatable bonds is 3. The molecule has 2 aromatic rings. The zero-order valence-electron chi connectivity index (χ0n) is 8.28. The lowest BCUT2D eigenvalue weighted by molar-refractivity contribution is 0.506. The minimum Gasteiger partial charge on any atom is -0.421 e. The average Bonchev–Trinajstić information content (AvgIpc) is 2.71. The van der Waals surface area contributed by atoms with Crippen LogP contribution in [0.1, 0.15) is 5.89 Å². The molecule has 0 spiro atoms. The topological polar surface area (TPSA) is 64.9 Å². The fraction of sp³-hybridized carbons (Fsp3) is 0.200. The van der Waals surface area contributed by atoms with Crippen LogP contribution in [0.4, 0.5) is 4.39 Å². The van der Waals surface area contributed by atoms with Crippen molar-refractivity contribution in [2.45, 2.75) is 6.42 Å². The first kappa shape index (κ1) is 11.2. The van der Waals surface area contributed by atoms with E-state index in [9.17, 15) is 4.39 Å². The summed E-state index contributed by atoms with van der Waals surface area (Å²) in [5, 5.41) is 7.65. The van der Waals surface area contributed by atoms with Crippen LogP contribution >= 0.6 is 15.9 Å². The van der Waals surface area contributed by atoms with Gasteiger partial charge in [-0.2, -0.15) is 0 Å². The summed E-state index contributed by atoms with van der Waals surface area (Å²) < 4.78 is 18.9. The van der Waals surface area contributed by atoms with E-state index < -0.39 is 0 Å². The molecule has 0 bridgehead atoms. The Morgan fingerprint density at radius 1 is 1.38 bits per heavy atom.